The highest BCUT2D eigenvalue weighted by atomic mass is 79.9. The summed E-state index contributed by atoms with van der Waals surface area (Å²) in [5.74, 6) is -0.564. The van der Waals surface area contributed by atoms with E-state index in [0.717, 1.165) is 22.2 Å². The van der Waals surface area contributed by atoms with Gasteiger partial charge in [0.1, 0.15) is 11.5 Å². The molecule has 3 N–H and O–H groups in total. The number of halogens is 1. The molecule has 0 aliphatic heterocycles. The lowest BCUT2D eigenvalue weighted by Gasteiger charge is -2.14. The quantitative estimate of drug-likeness (QED) is 0.434. The molecular formula is C21H21BrN2O4. The van der Waals surface area contributed by atoms with Gasteiger partial charge in [-0.1, -0.05) is 13.8 Å². The van der Waals surface area contributed by atoms with E-state index in [0.29, 0.717) is 21.8 Å². The van der Waals surface area contributed by atoms with Gasteiger partial charge in [-0.25, -0.2) is 4.79 Å². The van der Waals surface area contributed by atoms with Crippen LogP contribution in [0.5, 0.6) is 11.5 Å². The number of hydrogen-bond donors (Lipinski definition) is 3. The number of ether oxygens (including phenoxy) is 1. The Balaban J connectivity index is 1.84. The van der Waals surface area contributed by atoms with Crippen molar-refractivity contribution in [3.63, 3.8) is 0 Å². The highest BCUT2D eigenvalue weighted by molar-refractivity contribution is 9.10. The molecule has 1 aromatic heterocycles. The summed E-state index contributed by atoms with van der Waals surface area (Å²) < 4.78 is 6.83. The van der Waals surface area contributed by atoms with Crippen molar-refractivity contribution in [1.29, 1.82) is 0 Å². The monoisotopic (exact) mass is 444 g/mol. The summed E-state index contributed by atoms with van der Waals surface area (Å²) >= 11 is 3.50. The Bertz CT molecular complexity index is 1030. The van der Waals surface area contributed by atoms with Crippen LogP contribution in [0.15, 0.2) is 41.0 Å². The maximum atomic E-state index is 11.3. The van der Waals surface area contributed by atoms with Gasteiger partial charge in [-0.3, -0.25) is 4.79 Å². The van der Waals surface area contributed by atoms with Crippen molar-refractivity contribution in [3.05, 3.63) is 52.1 Å². The Kier molecular flexibility index (Phi) is 5.74. The fourth-order valence-corrected chi connectivity index (χ4v) is 3.64. The molecule has 6 nitrogen and oxygen atoms in total. The molecular weight excluding hydrogens is 424 g/mol. The van der Waals surface area contributed by atoms with Crippen LogP contribution in [0.25, 0.3) is 10.9 Å². The Labute approximate surface area is 171 Å². The number of aliphatic carboxylic acids is 1. The Morgan fingerprint density at radius 3 is 2.64 bits per heavy atom. The van der Waals surface area contributed by atoms with E-state index in [4.69, 9.17) is 9.84 Å². The third-order valence-electron chi connectivity index (χ3n) is 4.45. The van der Waals surface area contributed by atoms with Crippen molar-refractivity contribution in [2.75, 3.05) is 11.9 Å². The minimum absolute atomic E-state index is 0.274. The second kappa shape index (κ2) is 8.06. The van der Waals surface area contributed by atoms with Crippen LogP contribution in [0.3, 0.4) is 0 Å². The van der Waals surface area contributed by atoms with Crippen molar-refractivity contribution >= 4 is 44.3 Å². The Morgan fingerprint density at radius 2 is 2.00 bits per heavy atom. The van der Waals surface area contributed by atoms with E-state index < -0.39 is 11.8 Å². The van der Waals surface area contributed by atoms with Gasteiger partial charge in [0.15, 0.2) is 0 Å². The minimum Gasteiger partial charge on any atom is -0.475 e. The number of aryl methyl sites for hydroxylation is 1. The number of carboxylic acid groups (broad SMARTS) is 1. The molecule has 0 radical (unpaired) electrons. The van der Waals surface area contributed by atoms with Gasteiger partial charge < -0.3 is 20.1 Å². The maximum absolute atomic E-state index is 11.3. The first-order chi connectivity index (χ1) is 13.3. The molecule has 0 saturated heterocycles. The number of rotatable bonds is 7. The van der Waals surface area contributed by atoms with Gasteiger partial charge in [-0.05, 0) is 70.2 Å². The lowest BCUT2D eigenvalue weighted by Crippen LogP contribution is -2.22. The molecule has 0 amide bonds. The second-order valence-corrected chi connectivity index (χ2v) is 7.75. The van der Waals surface area contributed by atoms with Crippen molar-refractivity contribution < 1.29 is 19.4 Å². The number of Topliss-reactive ketones (excluding diaryl/α,β-unsaturated/α-hetero) is 1. The van der Waals surface area contributed by atoms with Crippen LogP contribution in [0.2, 0.25) is 0 Å². The molecule has 3 rings (SSSR count). The first kappa shape index (κ1) is 19.9. The van der Waals surface area contributed by atoms with E-state index in [1.54, 1.807) is 6.07 Å². The largest absolute Gasteiger partial charge is 0.475 e. The Morgan fingerprint density at radius 1 is 1.25 bits per heavy atom. The van der Waals surface area contributed by atoms with Gasteiger partial charge in [0, 0.05) is 22.8 Å². The topological polar surface area (TPSA) is 91.4 Å². The Hall–Kier alpha value is -2.80. The molecule has 0 bridgehead atoms. The van der Waals surface area contributed by atoms with Crippen LogP contribution in [0, 0.1) is 6.92 Å². The predicted molar refractivity (Wildman–Crippen MR) is 112 cm³/mol. The molecule has 0 atom stereocenters. The molecule has 0 unspecified atom stereocenters. The van der Waals surface area contributed by atoms with Crippen molar-refractivity contribution in [1.82, 2.24) is 4.98 Å². The number of aromatic nitrogens is 1. The number of aromatic amines is 1. The summed E-state index contributed by atoms with van der Waals surface area (Å²) in [7, 11) is 0. The summed E-state index contributed by atoms with van der Waals surface area (Å²) in [6.07, 6.45) is 2.03. The number of nitrogens with one attached hydrogen (secondary N) is 2. The van der Waals surface area contributed by atoms with Crippen molar-refractivity contribution in [2.24, 2.45) is 0 Å². The van der Waals surface area contributed by atoms with Gasteiger partial charge in [0.25, 0.3) is 5.78 Å². The van der Waals surface area contributed by atoms with E-state index in [-0.39, 0.29) is 6.54 Å². The molecule has 0 aliphatic rings. The van der Waals surface area contributed by atoms with Gasteiger partial charge in [-0.2, -0.15) is 0 Å². The number of ketones is 1. The number of anilines is 1. The SMILES string of the molecule is Cc1cc(NCC(=O)C(=O)O)cc(Br)c1Oc1ccc2[nH]cc(C(C)C)c2c1. The first-order valence-corrected chi connectivity index (χ1v) is 9.64. The lowest BCUT2D eigenvalue weighted by molar-refractivity contribution is -0.148. The zero-order chi connectivity index (χ0) is 20.4. The normalized spacial score (nSPS) is 11.0. The predicted octanol–water partition coefficient (Wildman–Crippen LogP) is 5.22. The van der Waals surface area contributed by atoms with Gasteiger partial charge in [-0.15, -0.1) is 0 Å². The number of hydrogen-bond acceptors (Lipinski definition) is 4. The van der Waals surface area contributed by atoms with Gasteiger partial charge in [0.05, 0.1) is 11.0 Å². The summed E-state index contributed by atoms with van der Waals surface area (Å²) in [4.78, 5) is 25.2. The molecule has 28 heavy (non-hydrogen) atoms. The van der Waals surface area contributed by atoms with Crippen LogP contribution in [0.1, 0.15) is 30.9 Å². The molecule has 0 saturated carbocycles. The first-order valence-electron chi connectivity index (χ1n) is 8.85. The van der Waals surface area contributed by atoms with Crippen molar-refractivity contribution in [2.45, 2.75) is 26.7 Å². The van der Waals surface area contributed by atoms with Crippen LogP contribution >= 0.6 is 15.9 Å². The molecule has 7 heteroatoms. The number of fused-ring (bicyclic) bond motifs is 1. The minimum atomic E-state index is -1.45. The maximum Gasteiger partial charge on any atom is 0.374 e. The van der Waals surface area contributed by atoms with Crippen LogP contribution in [-0.2, 0) is 9.59 Å². The zero-order valence-electron chi connectivity index (χ0n) is 15.8. The number of benzene rings is 2. The smallest absolute Gasteiger partial charge is 0.374 e. The fraction of sp³-hybridized carbons (Fsp3) is 0.238. The third kappa shape index (κ3) is 4.20. The average molecular weight is 445 g/mol. The lowest BCUT2D eigenvalue weighted by atomic mass is 10.0. The third-order valence-corrected chi connectivity index (χ3v) is 5.04. The number of carbonyl (C=O) groups excluding carboxylic acids is 1. The molecule has 0 aliphatic carbocycles. The van der Waals surface area contributed by atoms with Crippen LogP contribution in [0.4, 0.5) is 5.69 Å². The zero-order valence-corrected chi connectivity index (χ0v) is 17.4. The second-order valence-electron chi connectivity index (χ2n) is 6.89. The highest BCUT2D eigenvalue weighted by Crippen LogP contribution is 2.37. The molecule has 2 aromatic carbocycles. The number of carbonyl (C=O) groups is 2. The van der Waals surface area contributed by atoms with E-state index in [2.05, 4.69) is 40.1 Å². The molecule has 1 heterocycles. The summed E-state index contributed by atoms with van der Waals surface area (Å²) in [5.41, 5.74) is 3.78. The van der Waals surface area contributed by atoms with Gasteiger partial charge >= 0.3 is 5.97 Å². The van der Waals surface area contributed by atoms with E-state index in [9.17, 15) is 9.59 Å². The molecule has 0 spiro atoms. The summed E-state index contributed by atoms with van der Waals surface area (Å²) in [6, 6.07) is 9.49. The summed E-state index contributed by atoms with van der Waals surface area (Å²) in [6.45, 7) is 5.91. The number of H-pyrrole nitrogens is 1. The number of carboxylic acids is 1. The molecule has 3 aromatic rings. The van der Waals surface area contributed by atoms with Gasteiger partial charge in [0.2, 0.25) is 0 Å². The summed E-state index contributed by atoms with van der Waals surface area (Å²) in [5, 5.41) is 12.6. The van der Waals surface area contributed by atoms with E-state index in [1.165, 1.54) is 5.56 Å². The molecule has 0 fully saturated rings. The fourth-order valence-electron chi connectivity index (χ4n) is 3.00. The molecule has 146 valence electrons. The van der Waals surface area contributed by atoms with E-state index >= 15 is 0 Å². The van der Waals surface area contributed by atoms with Crippen LogP contribution < -0.4 is 10.1 Å². The van der Waals surface area contributed by atoms with Crippen molar-refractivity contribution in [3.8, 4) is 11.5 Å². The highest BCUT2D eigenvalue weighted by Gasteiger charge is 2.14. The average Bonchev–Trinajstić information content (AvgIpc) is 3.06. The standard InChI is InChI=1S/C21H21BrN2O4/c1-11(2)16-9-24-18-5-4-14(8-15(16)18)28-20-12(3)6-13(7-17(20)22)23-10-19(25)21(26)27/h4-9,11,23-24H,10H2,1-3H3,(H,26,27). The van der Waals surface area contributed by atoms with E-state index in [1.807, 2.05) is 37.4 Å². The van der Waals surface area contributed by atoms with Crippen LogP contribution in [-0.4, -0.2) is 28.4 Å².